The van der Waals surface area contributed by atoms with Crippen LogP contribution in [0.3, 0.4) is 0 Å². The molecule has 6 aliphatic rings. The molecule has 1 saturated carbocycles. The number of hydrogen-bond acceptors (Lipinski definition) is 13. The summed E-state index contributed by atoms with van der Waals surface area (Å²) in [6, 6.07) is 15.9. The van der Waals surface area contributed by atoms with Gasteiger partial charge in [0.05, 0.1) is 46.7 Å². The Kier molecular flexibility index (Phi) is 12.7. The van der Waals surface area contributed by atoms with Crippen LogP contribution in [0.2, 0.25) is 5.02 Å². The minimum atomic E-state index is -0.321. The highest BCUT2D eigenvalue weighted by Gasteiger charge is 2.64. The van der Waals surface area contributed by atoms with Gasteiger partial charge in [-0.15, -0.1) is 11.8 Å². The van der Waals surface area contributed by atoms with Crippen molar-refractivity contribution in [2.45, 2.75) is 109 Å². The van der Waals surface area contributed by atoms with Crippen LogP contribution in [0.25, 0.3) is 0 Å². The Labute approximate surface area is 370 Å². The van der Waals surface area contributed by atoms with Gasteiger partial charge in [0.2, 0.25) is 11.8 Å². The number of amides is 2. The summed E-state index contributed by atoms with van der Waals surface area (Å²) < 4.78 is 6.42. The van der Waals surface area contributed by atoms with E-state index in [9.17, 15) is 14.9 Å². The number of rotatable bonds is 10. The summed E-state index contributed by atoms with van der Waals surface area (Å²) in [5.74, 6) is 1.17. The van der Waals surface area contributed by atoms with E-state index in [4.69, 9.17) is 21.3 Å². The smallest absolute Gasteiger partial charge is 0.225 e. The van der Waals surface area contributed by atoms with Gasteiger partial charge < -0.3 is 20.3 Å². The zero-order valence-corrected chi connectivity index (χ0v) is 38.4. The predicted octanol–water partition coefficient (Wildman–Crippen LogP) is 3.92. The van der Waals surface area contributed by atoms with E-state index in [2.05, 4.69) is 126 Å². The number of piperazine rings is 1. The molecule has 5 aliphatic heterocycles. The molecular formula is C45H64ClN11O3S. The van der Waals surface area contributed by atoms with Gasteiger partial charge in [0, 0.05) is 91.3 Å². The Morgan fingerprint density at radius 2 is 1.69 bits per heavy atom. The molecule has 14 nitrogen and oxygen atoms in total. The van der Waals surface area contributed by atoms with Crippen LogP contribution in [0, 0.1) is 39.9 Å². The molecule has 1 aliphatic carbocycles. The molecule has 5 heterocycles. The Hall–Kier alpha value is -3.46. The summed E-state index contributed by atoms with van der Waals surface area (Å²) >= 11 is 8.32. The van der Waals surface area contributed by atoms with Crippen molar-refractivity contribution in [2.75, 3.05) is 50.7 Å². The molecule has 0 spiro atoms. The van der Waals surface area contributed by atoms with Crippen LogP contribution < -0.4 is 41.8 Å². The van der Waals surface area contributed by atoms with Gasteiger partial charge in [0.15, 0.2) is 0 Å². The fraction of sp³-hybridized carbons (Fsp3) is 0.644. The number of nitriles is 1. The second-order valence-electron chi connectivity index (χ2n) is 19.0. The Bertz CT molecular complexity index is 2000. The first-order valence-corrected chi connectivity index (χ1v) is 23.5. The summed E-state index contributed by atoms with van der Waals surface area (Å²) in [5.41, 5.74) is 10.2. The molecular weight excluding hydrogens is 810 g/mol. The topological polar surface area (TPSA) is 161 Å². The van der Waals surface area contributed by atoms with E-state index in [-0.39, 0.29) is 76.7 Å². The van der Waals surface area contributed by atoms with E-state index in [1.165, 1.54) is 5.69 Å². The molecule has 61 heavy (non-hydrogen) atoms. The van der Waals surface area contributed by atoms with E-state index >= 15 is 0 Å². The highest BCUT2D eigenvalue weighted by molar-refractivity contribution is 8.00. The van der Waals surface area contributed by atoms with Crippen LogP contribution in [0.1, 0.15) is 72.9 Å². The molecule has 2 amide bonds. The molecule has 330 valence electrons. The van der Waals surface area contributed by atoms with Crippen LogP contribution in [0.4, 0.5) is 5.69 Å². The third-order valence-corrected chi connectivity index (χ3v) is 16.3. The fourth-order valence-electron chi connectivity index (χ4n) is 11.1. The number of nitrogens with one attached hydrogen (secondary N) is 6. The first-order valence-electron chi connectivity index (χ1n) is 22.1. The number of carbonyl (C=O) groups is 2. The van der Waals surface area contributed by atoms with Gasteiger partial charge >= 0.3 is 0 Å². The average molecular weight is 875 g/mol. The van der Waals surface area contributed by atoms with Crippen LogP contribution in [-0.2, 0) is 9.59 Å². The first kappa shape index (κ1) is 44.2. The van der Waals surface area contributed by atoms with Gasteiger partial charge in [-0.25, -0.2) is 10.9 Å². The molecule has 16 heteroatoms. The monoisotopic (exact) mass is 873 g/mol. The lowest BCUT2D eigenvalue weighted by molar-refractivity contribution is -0.174. The van der Waals surface area contributed by atoms with Crippen LogP contribution in [0.15, 0.2) is 47.5 Å². The molecule has 5 fully saturated rings. The summed E-state index contributed by atoms with van der Waals surface area (Å²) in [5, 5.41) is 24.0. The molecule has 6 unspecified atom stereocenters. The third kappa shape index (κ3) is 8.40. The van der Waals surface area contributed by atoms with Gasteiger partial charge in [-0.1, -0.05) is 65.3 Å². The minimum Gasteiger partial charge on any atom is -0.489 e. The molecule has 0 radical (unpaired) electrons. The molecule has 8 rings (SSSR count). The van der Waals surface area contributed by atoms with Crippen molar-refractivity contribution in [1.29, 1.82) is 5.26 Å². The number of ether oxygens (including phenoxy) is 1. The molecule has 2 aromatic carbocycles. The Morgan fingerprint density at radius 3 is 2.33 bits per heavy atom. The molecule has 0 aromatic heterocycles. The maximum absolute atomic E-state index is 13.7. The van der Waals surface area contributed by atoms with E-state index in [0.717, 1.165) is 37.5 Å². The summed E-state index contributed by atoms with van der Waals surface area (Å²) in [4.78, 5) is 39.5. The molecule has 4 saturated heterocycles. The lowest BCUT2D eigenvalue weighted by Crippen LogP contribution is -2.75. The highest BCUT2D eigenvalue weighted by atomic mass is 35.5. The summed E-state index contributed by atoms with van der Waals surface area (Å²) in [6.45, 7) is 22.7. The normalized spacial score (nSPS) is 34.5. The van der Waals surface area contributed by atoms with E-state index in [1.807, 2.05) is 18.7 Å². The average Bonchev–Trinajstić information content (AvgIpc) is 3.73. The lowest BCUT2D eigenvalue weighted by atomic mass is 9.49. The number of hydrazine groups is 1. The van der Waals surface area contributed by atoms with Crippen molar-refractivity contribution in [3.05, 3.63) is 58.6 Å². The van der Waals surface area contributed by atoms with Crippen molar-refractivity contribution >= 4 is 46.6 Å². The number of anilines is 1. The highest BCUT2D eigenvalue weighted by Crippen LogP contribution is 2.56. The number of benzene rings is 2. The standard InChI is InChI=1S/C45H64ClN11O3S/c1-9-48-35(58)21-34-38-54-53-27(4)57(38)40-36(25(2)26(3)61-40)37(51-34)28-10-13-31(14-11-28)55-16-18-56(19-17-55)43-49-23-30(24-50-43)39(59)52-41-44(5,6)42(45(41,7)8)60-32-15-12-29(22-47)33(46)20-32/h10-15,20,25-27,30,34,36,38,40-43,49-50,53-54H,9,16-19,21,23-24H2,1-8H3,(H,48,58)(H,52,59)/t25?,26?,27?,30?,34-,36?,38?,40?,41?,42?,43?/m0/s1. The lowest BCUT2D eigenvalue weighted by Gasteiger charge is -2.63. The number of carbonyl (C=O) groups excluding carboxylic acids is 2. The number of thioether (sulfide) groups is 1. The second-order valence-corrected chi connectivity index (χ2v) is 20.9. The zero-order valence-electron chi connectivity index (χ0n) is 36.8. The molecule has 2 aromatic rings. The number of fused-ring (bicyclic) bond motifs is 3. The zero-order chi connectivity index (χ0) is 43.4. The van der Waals surface area contributed by atoms with Crippen LogP contribution in [0.5, 0.6) is 5.75 Å². The largest absolute Gasteiger partial charge is 0.489 e. The SMILES string of the molecule is CCNC(=O)C[C@@H]1N=C(c2ccc(N3CCN(C4NCC(C(=O)NC5C(C)(C)C(Oc6ccc(C#N)c(Cl)c6)C5(C)C)CN4)CC3)cc2)C2C(C)C(C)SC2N2C(C)NNC12. The summed E-state index contributed by atoms with van der Waals surface area (Å²) in [7, 11) is 0. The van der Waals surface area contributed by atoms with Gasteiger partial charge in [0.25, 0.3) is 0 Å². The van der Waals surface area contributed by atoms with Crippen molar-refractivity contribution in [3.8, 4) is 11.8 Å². The van der Waals surface area contributed by atoms with Crippen molar-refractivity contribution < 1.29 is 14.3 Å². The summed E-state index contributed by atoms with van der Waals surface area (Å²) in [6.07, 6.45) is 0.251. The second kappa shape index (κ2) is 17.6. The number of halogens is 1. The maximum atomic E-state index is 13.7. The van der Waals surface area contributed by atoms with E-state index in [0.29, 0.717) is 53.6 Å². The predicted molar refractivity (Wildman–Crippen MR) is 242 cm³/mol. The number of hydrogen-bond donors (Lipinski definition) is 6. The Morgan fingerprint density at radius 1 is 1.00 bits per heavy atom. The van der Waals surface area contributed by atoms with E-state index < -0.39 is 0 Å². The maximum Gasteiger partial charge on any atom is 0.225 e. The van der Waals surface area contributed by atoms with Crippen LogP contribution >= 0.6 is 23.4 Å². The Balaban J connectivity index is 0.852. The quantitative estimate of drug-likeness (QED) is 0.205. The van der Waals surface area contributed by atoms with Gasteiger partial charge in [-0.2, -0.15) is 5.26 Å². The van der Waals surface area contributed by atoms with E-state index in [1.54, 1.807) is 18.2 Å². The third-order valence-electron chi connectivity index (χ3n) is 14.4. The number of nitrogens with zero attached hydrogens (tertiary/aromatic N) is 5. The molecule has 7 atom stereocenters. The first-order chi connectivity index (χ1) is 29.1. The van der Waals surface area contributed by atoms with Gasteiger partial charge in [-0.05, 0) is 49.6 Å². The minimum absolute atomic E-state index is 0.00652. The fourth-order valence-corrected chi connectivity index (χ4v) is 13.2. The molecule has 6 N–H and O–H groups in total. The number of aliphatic imine (C=N–C) groups is 1. The molecule has 0 bridgehead atoms. The van der Waals surface area contributed by atoms with Crippen molar-refractivity contribution in [2.24, 2.45) is 33.6 Å². The van der Waals surface area contributed by atoms with Crippen molar-refractivity contribution in [1.82, 2.24) is 41.9 Å². The van der Waals surface area contributed by atoms with Gasteiger partial charge in [-0.3, -0.25) is 35.0 Å². The van der Waals surface area contributed by atoms with Crippen molar-refractivity contribution in [3.63, 3.8) is 0 Å². The van der Waals surface area contributed by atoms with Gasteiger partial charge in [0.1, 0.15) is 24.2 Å². The van der Waals surface area contributed by atoms with Crippen LogP contribution in [-0.4, -0.2) is 121 Å².